The van der Waals surface area contributed by atoms with Crippen molar-refractivity contribution in [3.05, 3.63) is 83.0 Å². The van der Waals surface area contributed by atoms with Crippen molar-refractivity contribution >= 4 is 17.7 Å². The first-order valence-electron chi connectivity index (χ1n) is 16.5. The van der Waals surface area contributed by atoms with E-state index in [0.29, 0.717) is 31.0 Å². The molecule has 9 nitrogen and oxygen atoms in total. The van der Waals surface area contributed by atoms with Crippen LogP contribution in [0.15, 0.2) is 60.8 Å². The summed E-state index contributed by atoms with van der Waals surface area (Å²) in [5.74, 6) is 0.283. The average Bonchev–Trinajstić information content (AvgIpc) is 3.38. The van der Waals surface area contributed by atoms with Gasteiger partial charge in [0.25, 0.3) is 5.91 Å². The fourth-order valence-corrected chi connectivity index (χ4v) is 7.34. The van der Waals surface area contributed by atoms with E-state index in [2.05, 4.69) is 59.0 Å². The number of hydrogen-bond acceptors (Lipinski definition) is 7. The molecule has 1 saturated heterocycles. The number of aromatic nitrogens is 1. The van der Waals surface area contributed by atoms with Crippen LogP contribution in [0.4, 0.5) is 5.82 Å². The number of carbonyl (C=O) groups excluding carboxylic acids is 1. The second kappa shape index (κ2) is 13.2. The van der Waals surface area contributed by atoms with Gasteiger partial charge in [0.15, 0.2) is 6.10 Å². The molecule has 0 saturated carbocycles. The van der Waals surface area contributed by atoms with Gasteiger partial charge in [0.2, 0.25) is 0 Å². The smallest absolute Gasteiger partial charge is 0.326 e. The van der Waals surface area contributed by atoms with Gasteiger partial charge in [0.05, 0.1) is 13.2 Å². The van der Waals surface area contributed by atoms with Gasteiger partial charge in [0.1, 0.15) is 23.4 Å². The Labute approximate surface area is 279 Å². The Bertz CT molecular complexity index is 1610. The normalized spacial score (nSPS) is 22.7. The van der Waals surface area contributed by atoms with Crippen molar-refractivity contribution in [2.24, 2.45) is 11.3 Å². The van der Waals surface area contributed by atoms with Gasteiger partial charge < -0.3 is 29.7 Å². The van der Waals surface area contributed by atoms with Crippen molar-refractivity contribution in [3.8, 4) is 11.5 Å². The number of carboxylic acid groups (broad SMARTS) is 1. The Kier molecular flexibility index (Phi) is 9.60. The minimum Gasteiger partial charge on any atom is -0.496 e. The lowest BCUT2D eigenvalue weighted by Crippen LogP contribution is -2.51. The van der Waals surface area contributed by atoms with Crippen molar-refractivity contribution < 1.29 is 24.2 Å². The molecule has 0 unspecified atom stereocenters. The lowest BCUT2D eigenvalue weighted by molar-refractivity contribution is -0.155. The lowest BCUT2D eigenvalue weighted by atomic mass is 9.72. The first-order chi connectivity index (χ1) is 22.1. The highest BCUT2D eigenvalue weighted by Gasteiger charge is 2.59. The SMILES string of the molecule is COc1ccc(C(C)(C)C)cc1CN[C@H]1[C@H](C(C)(C)C)[C@@H](C(=O)O)N(C(=O)[C@H]2CCc3ccccc3O2)[C@H]1c1cccnc1N(C)C. The van der Waals surface area contributed by atoms with E-state index in [0.717, 1.165) is 22.4 Å². The number of amides is 1. The van der Waals surface area contributed by atoms with Gasteiger partial charge >= 0.3 is 5.97 Å². The molecule has 1 amide bonds. The van der Waals surface area contributed by atoms with Gasteiger partial charge in [0, 0.05) is 49.9 Å². The number of fused-ring (bicyclic) bond motifs is 1. The van der Waals surface area contributed by atoms with Crippen LogP contribution < -0.4 is 19.7 Å². The zero-order valence-electron chi connectivity index (χ0n) is 29.2. The molecule has 252 valence electrons. The highest BCUT2D eigenvalue weighted by molar-refractivity contribution is 5.89. The topological polar surface area (TPSA) is 104 Å². The van der Waals surface area contributed by atoms with Gasteiger partial charge in [-0.25, -0.2) is 9.78 Å². The number of aliphatic carboxylic acids is 1. The van der Waals surface area contributed by atoms with Crippen LogP contribution in [0.2, 0.25) is 0 Å². The van der Waals surface area contributed by atoms with E-state index in [9.17, 15) is 14.7 Å². The summed E-state index contributed by atoms with van der Waals surface area (Å²) in [5.41, 5.74) is 3.40. The molecule has 2 aliphatic rings. The molecule has 1 aromatic heterocycles. The molecule has 3 aromatic rings. The van der Waals surface area contributed by atoms with Crippen molar-refractivity contribution in [2.75, 3.05) is 26.1 Å². The molecule has 3 heterocycles. The number of benzene rings is 2. The van der Waals surface area contributed by atoms with Crippen LogP contribution in [0.5, 0.6) is 11.5 Å². The molecule has 47 heavy (non-hydrogen) atoms. The van der Waals surface area contributed by atoms with Crippen LogP contribution >= 0.6 is 0 Å². The number of methoxy groups -OCH3 is 1. The van der Waals surface area contributed by atoms with Gasteiger partial charge in [-0.3, -0.25) is 4.79 Å². The zero-order valence-corrected chi connectivity index (χ0v) is 29.2. The predicted molar refractivity (Wildman–Crippen MR) is 184 cm³/mol. The average molecular weight is 643 g/mol. The molecule has 0 bridgehead atoms. The summed E-state index contributed by atoms with van der Waals surface area (Å²) in [5, 5.41) is 14.8. The molecule has 5 rings (SSSR count). The van der Waals surface area contributed by atoms with Crippen molar-refractivity contribution in [3.63, 3.8) is 0 Å². The molecular formula is C38H50N4O5. The molecular weight excluding hydrogens is 592 g/mol. The quantitative estimate of drug-likeness (QED) is 0.308. The molecule has 0 spiro atoms. The zero-order chi connectivity index (χ0) is 34.3. The monoisotopic (exact) mass is 642 g/mol. The number of likely N-dealkylation sites (tertiary alicyclic amines) is 1. The minimum atomic E-state index is -1.11. The Morgan fingerprint density at radius 3 is 2.43 bits per heavy atom. The number of aryl methyl sites for hydroxylation is 1. The molecule has 2 aromatic carbocycles. The number of anilines is 1. The molecule has 5 atom stereocenters. The Hall–Kier alpha value is -4.11. The second-order valence-electron chi connectivity index (χ2n) is 15.1. The highest BCUT2D eigenvalue weighted by atomic mass is 16.5. The first-order valence-corrected chi connectivity index (χ1v) is 16.5. The number of nitrogens with one attached hydrogen (secondary N) is 1. The van der Waals surface area contributed by atoms with Crippen LogP contribution in [-0.4, -0.2) is 66.3 Å². The van der Waals surface area contributed by atoms with Gasteiger partial charge in [-0.1, -0.05) is 77.9 Å². The second-order valence-corrected chi connectivity index (χ2v) is 15.1. The molecule has 9 heteroatoms. The number of nitrogens with zero attached hydrogens (tertiary/aromatic N) is 3. The largest absolute Gasteiger partial charge is 0.496 e. The van der Waals surface area contributed by atoms with E-state index in [1.54, 1.807) is 18.2 Å². The standard InChI is InChI=1S/C38H50N4O5/c1-37(2,3)25-17-19-27(46-9)24(21-25)22-40-31-30(38(4,5)6)33(36(44)45)42(32(31)26-14-12-20-39-34(26)41(7)8)35(43)29-18-16-23-13-10-11-15-28(23)47-29/h10-15,17,19-21,29-33,40H,16,18,22H2,1-9H3,(H,44,45)/t29-,30+,31+,32+,33+/m1/s1. The summed E-state index contributed by atoms with van der Waals surface area (Å²) in [7, 11) is 5.48. The third-order valence-corrected chi connectivity index (χ3v) is 9.60. The summed E-state index contributed by atoms with van der Waals surface area (Å²) >= 11 is 0. The number of ether oxygens (including phenoxy) is 2. The number of pyridine rings is 1. The first kappa shape index (κ1) is 34.2. The number of carbonyl (C=O) groups is 2. The van der Waals surface area contributed by atoms with E-state index in [1.165, 1.54) is 5.56 Å². The number of carboxylic acids is 1. The summed E-state index contributed by atoms with van der Waals surface area (Å²) < 4.78 is 12.1. The van der Waals surface area contributed by atoms with E-state index in [4.69, 9.17) is 14.5 Å². The fraction of sp³-hybridized carbons (Fsp3) is 0.500. The minimum absolute atomic E-state index is 0.0720. The molecule has 1 fully saturated rings. The summed E-state index contributed by atoms with van der Waals surface area (Å²) in [6.07, 6.45) is 2.06. The summed E-state index contributed by atoms with van der Waals surface area (Å²) in [6.45, 7) is 13.1. The van der Waals surface area contributed by atoms with E-state index in [1.807, 2.05) is 61.5 Å². The summed E-state index contributed by atoms with van der Waals surface area (Å²) in [4.78, 5) is 36.4. The summed E-state index contributed by atoms with van der Waals surface area (Å²) in [6, 6.07) is 15.6. The molecule has 0 radical (unpaired) electrons. The molecule has 2 aliphatic heterocycles. The van der Waals surface area contributed by atoms with Crippen molar-refractivity contribution in [1.82, 2.24) is 15.2 Å². The number of hydrogen-bond donors (Lipinski definition) is 2. The van der Waals surface area contributed by atoms with Gasteiger partial charge in [-0.2, -0.15) is 0 Å². The highest BCUT2D eigenvalue weighted by Crippen LogP contribution is 2.50. The van der Waals surface area contributed by atoms with Crippen LogP contribution in [0, 0.1) is 11.3 Å². The third kappa shape index (κ3) is 6.82. The Morgan fingerprint density at radius 1 is 1.06 bits per heavy atom. The van der Waals surface area contributed by atoms with Crippen molar-refractivity contribution in [2.45, 2.75) is 90.6 Å². The third-order valence-electron chi connectivity index (χ3n) is 9.60. The van der Waals surface area contributed by atoms with Gasteiger partial charge in [-0.15, -0.1) is 0 Å². The van der Waals surface area contributed by atoms with E-state index < -0.39 is 41.5 Å². The Balaban J connectivity index is 1.65. The predicted octanol–water partition coefficient (Wildman–Crippen LogP) is 6.00. The van der Waals surface area contributed by atoms with E-state index >= 15 is 0 Å². The lowest BCUT2D eigenvalue weighted by Gasteiger charge is -2.36. The Morgan fingerprint density at radius 2 is 1.79 bits per heavy atom. The van der Waals surface area contributed by atoms with Crippen LogP contribution in [0.25, 0.3) is 0 Å². The number of rotatable bonds is 8. The van der Waals surface area contributed by atoms with Crippen LogP contribution in [0.1, 0.15) is 76.3 Å². The van der Waals surface area contributed by atoms with E-state index in [-0.39, 0.29) is 11.3 Å². The van der Waals surface area contributed by atoms with Crippen molar-refractivity contribution in [1.29, 1.82) is 0 Å². The molecule has 0 aliphatic carbocycles. The van der Waals surface area contributed by atoms with Crippen LogP contribution in [-0.2, 0) is 28.0 Å². The fourth-order valence-electron chi connectivity index (χ4n) is 7.34. The molecule has 2 N–H and O–H groups in total. The number of para-hydroxylation sites is 1. The maximum absolute atomic E-state index is 14.8. The van der Waals surface area contributed by atoms with Crippen LogP contribution in [0.3, 0.4) is 0 Å². The van der Waals surface area contributed by atoms with Gasteiger partial charge in [-0.05, 0) is 53.0 Å². The maximum Gasteiger partial charge on any atom is 0.326 e. The maximum atomic E-state index is 14.8.